The van der Waals surface area contributed by atoms with E-state index in [1.54, 1.807) is 36.5 Å². The molecule has 5 heteroatoms. The molecule has 1 heterocycles. The molecule has 1 aromatic heterocycles. The fraction of sp³-hybridized carbons (Fsp3) is 0.167. The van der Waals surface area contributed by atoms with Crippen LogP contribution in [0.5, 0.6) is 0 Å². The minimum atomic E-state index is -0.910. The van der Waals surface area contributed by atoms with Crippen molar-refractivity contribution in [2.45, 2.75) is 19.3 Å². The van der Waals surface area contributed by atoms with E-state index >= 15 is 0 Å². The molecule has 3 rings (SSSR count). The predicted molar refractivity (Wildman–Crippen MR) is 89.1 cm³/mol. The molecule has 0 saturated carbocycles. The van der Waals surface area contributed by atoms with Crippen LogP contribution >= 0.6 is 11.6 Å². The Kier molecular flexibility index (Phi) is 4.59. The summed E-state index contributed by atoms with van der Waals surface area (Å²) in [5, 5.41) is 30.8. The van der Waals surface area contributed by atoms with Gasteiger partial charge in [-0.2, -0.15) is 0 Å². The van der Waals surface area contributed by atoms with Crippen molar-refractivity contribution in [3.63, 3.8) is 0 Å². The van der Waals surface area contributed by atoms with E-state index in [2.05, 4.69) is 4.98 Å². The second kappa shape index (κ2) is 6.64. The number of nitrogens with zero attached hydrogens (tertiary/aromatic N) is 1. The fourth-order valence-electron chi connectivity index (χ4n) is 2.61. The van der Waals surface area contributed by atoms with Gasteiger partial charge >= 0.3 is 0 Å². The molecule has 0 saturated heterocycles. The highest BCUT2D eigenvalue weighted by Gasteiger charge is 2.16. The minimum Gasteiger partial charge on any atom is -0.392 e. The number of aliphatic hydroxyl groups excluding tert-OH is 3. The highest BCUT2D eigenvalue weighted by Crippen LogP contribution is 2.29. The zero-order valence-corrected chi connectivity index (χ0v) is 13.0. The molecule has 23 heavy (non-hydrogen) atoms. The van der Waals surface area contributed by atoms with E-state index in [-0.39, 0.29) is 13.2 Å². The molecule has 0 amide bonds. The van der Waals surface area contributed by atoms with Crippen molar-refractivity contribution < 1.29 is 15.3 Å². The van der Waals surface area contributed by atoms with Crippen LogP contribution in [0.1, 0.15) is 28.4 Å². The van der Waals surface area contributed by atoms with Crippen molar-refractivity contribution in [2.24, 2.45) is 0 Å². The first-order chi connectivity index (χ1) is 11.1. The standard InChI is InChI=1S/C18H16ClNO3/c19-15-7-14-6-12(3-4-17(14)20-8-15)18(23)16-5-11(9-21)1-2-13(16)10-22/h1-8,18,21-23H,9-10H2. The van der Waals surface area contributed by atoms with Crippen molar-refractivity contribution in [1.29, 1.82) is 0 Å². The molecule has 0 fully saturated rings. The fourth-order valence-corrected chi connectivity index (χ4v) is 2.78. The number of aliphatic hydroxyl groups is 3. The van der Waals surface area contributed by atoms with Gasteiger partial charge in [-0.05, 0) is 40.5 Å². The third-order valence-electron chi connectivity index (χ3n) is 3.85. The molecule has 0 aliphatic heterocycles. The molecular weight excluding hydrogens is 314 g/mol. The molecular formula is C18H16ClNO3. The smallest absolute Gasteiger partial charge is 0.104 e. The first-order valence-electron chi connectivity index (χ1n) is 7.19. The molecule has 0 radical (unpaired) electrons. The second-order valence-electron chi connectivity index (χ2n) is 5.36. The topological polar surface area (TPSA) is 73.6 Å². The Morgan fingerprint density at radius 1 is 1.00 bits per heavy atom. The zero-order chi connectivity index (χ0) is 16.4. The van der Waals surface area contributed by atoms with E-state index in [0.717, 1.165) is 10.9 Å². The molecule has 0 bridgehead atoms. The predicted octanol–water partition coefficient (Wildman–Crippen LogP) is 2.95. The molecule has 3 N–H and O–H groups in total. The molecule has 0 spiro atoms. The molecule has 0 aliphatic rings. The largest absolute Gasteiger partial charge is 0.392 e. The third kappa shape index (κ3) is 3.21. The summed E-state index contributed by atoms with van der Waals surface area (Å²) in [4.78, 5) is 4.23. The highest BCUT2D eigenvalue weighted by atomic mass is 35.5. The summed E-state index contributed by atoms with van der Waals surface area (Å²) in [6, 6.07) is 12.4. The normalized spacial score (nSPS) is 12.5. The Balaban J connectivity index is 2.07. The van der Waals surface area contributed by atoms with Crippen molar-refractivity contribution in [3.05, 3.63) is 75.9 Å². The molecule has 1 atom stereocenters. The zero-order valence-electron chi connectivity index (χ0n) is 12.3. The number of aromatic nitrogens is 1. The summed E-state index contributed by atoms with van der Waals surface area (Å²) < 4.78 is 0. The van der Waals surface area contributed by atoms with Crippen LogP contribution < -0.4 is 0 Å². The molecule has 2 aromatic carbocycles. The summed E-state index contributed by atoms with van der Waals surface area (Å²) in [7, 11) is 0. The summed E-state index contributed by atoms with van der Waals surface area (Å²) in [5.74, 6) is 0. The van der Waals surface area contributed by atoms with Crippen molar-refractivity contribution >= 4 is 22.5 Å². The third-order valence-corrected chi connectivity index (χ3v) is 4.05. The Morgan fingerprint density at radius 2 is 1.83 bits per heavy atom. The molecule has 1 unspecified atom stereocenters. The quantitative estimate of drug-likeness (QED) is 0.688. The van der Waals surface area contributed by atoms with Crippen molar-refractivity contribution in [2.75, 3.05) is 0 Å². The van der Waals surface area contributed by atoms with Gasteiger partial charge in [0.1, 0.15) is 6.10 Å². The lowest BCUT2D eigenvalue weighted by molar-refractivity contribution is 0.212. The SMILES string of the molecule is OCc1ccc(CO)c(C(O)c2ccc3ncc(Cl)cc3c2)c1. The summed E-state index contributed by atoms with van der Waals surface area (Å²) in [6.07, 6.45) is 0.668. The number of rotatable bonds is 4. The number of halogens is 1. The van der Waals surface area contributed by atoms with E-state index in [0.29, 0.717) is 27.3 Å². The molecule has 118 valence electrons. The van der Waals surface area contributed by atoms with Gasteiger partial charge in [0.15, 0.2) is 0 Å². The Bertz CT molecular complexity index is 851. The van der Waals surface area contributed by atoms with E-state index in [9.17, 15) is 15.3 Å². The maximum absolute atomic E-state index is 10.7. The summed E-state index contributed by atoms with van der Waals surface area (Å²) in [5.41, 5.74) is 3.34. The van der Waals surface area contributed by atoms with E-state index < -0.39 is 6.10 Å². The van der Waals surface area contributed by atoms with Crippen LogP contribution in [-0.4, -0.2) is 20.3 Å². The van der Waals surface area contributed by atoms with Crippen LogP contribution in [0.4, 0.5) is 0 Å². The van der Waals surface area contributed by atoms with Crippen molar-refractivity contribution in [1.82, 2.24) is 4.98 Å². The monoisotopic (exact) mass is 329 g/mol. The van der Waals surface area contributed by atoms with Gasteiger partial charge in [0, 0.05) is 11.6 Å². The van der Waals surface area contributed by atoms with Gasteiger partial charge in [0.2, 0.25) is 0 Å². The first-order valence-corrected chi connectivity index (χ1v) is 7.57. The van der Waals surface area contributed by atoms with E-state index in [1.165, 1.54) is 0 Å². The minimum absolute atomic E-state index is 0.122. The van der Waals surface area contributed by atoms with Crippen LogP contribution in [-0.2, 0) is 13.2 Å². The lowest BCUT2D eigenvalue weighted by Crippen LogP contribution is -2.05. The van der Waals surface area contributed by atoms with Crippen LogP contribution in [0.2, 0.25) is 5.02 Å². The summed E-state index contributed by atoms with van der Waals surface area (Å²) in [6.45, 7) is -0.304. The molecule has 0 aliphatic carbocycles. The van der Waals surface area contributed by atoms with Gasteiger partial charge in [0.05, 0.1) is 23.8 Å². The van der Waals surface area contributed by atoms with Gasteiger partial charge in [-0.15, -0.1) is 0 Å². The average molecular weight is 330 g/mol. The van der Waals surface area contributed by atoms with Gasteiger partial charge in [-0.3, -0.25) is 4.98 Å². The van der Waals surface area contributed by atoms with Gasteiger partial charge in [-0.25, -0.2) is 0 Å². The number of hydrogen-bond acceptors (Lipinski definition) is 4. The Hall–Kier alpha value is -1.98. The summed E-state index contributed by atoms with van der Waals surface area (Å²) >= 11 is 5.97. The maximum atomic E-state index is 10.7. The number of pyridine rings is 1. The molecule has 3 aromatic rings. The highest BCUT2D eigenvalue weighted by molar-refractivity contribution is 6.31. The van der Waals surface area contributed by atoms with E-state index in [4.69, 9.17) is 11.6 Å². The number of benzene rings is 2. The number of hydrogen-bond donors (Lipinski definition) is 3. The maximum Gasteiger partial charge on any atom is 0.104 e. The van der Waals surface area contributed by atoms with Gasteiger partial charge < -0.3 is 15.3 Å². The average Bonchev–Trinajstić information content (AvgIpc) is 2.59. The van der Waals surface area contributed by atoms with Gasteiger partial charge in [-0.1, -0.05) is 35.9 Å². The van der Waals surface area contributed by atoms with E-state index in [1.807, 2.05) is 12.1 Å². The van der Waals surface area contributed by atoms with Crippen LogP contribution in [0, 0.1) is 0 Å². The van der Waals surface area contributed by atoms with Crippen molar-refractivity contribution in [3.8, 4) is 0 Å². The van der Waals surface area contributed by atoms with Crippen LogP contribution in [0.15, 0.2) is 48.7 Å². The second-order valence-corrected chi connectivity index (χ2v) is 5.79. The Morgan fingerprint density at radius 3 is 2.57 bits per heavy atom. The van der Waals surface area contributed by atoms with Crippen LogP contribution in [0.3, 0.4) is 0 Å². The lowest BCUT2D eigenvalue weighted by Gasteiger charge is -2.17. The Labute approximate surface area is 138 Å². The molecule has 4 nitrogen and oxygen atoms in total. The number of fused-ring (bicyclic) bond motifs is 1. The first kappa shape index (κ1) is 15.9. The van der Waals surface area contributed by atoms with Gasteiger partial charge in [0.25, 0.3) is 0 Å². The van der Waals surface area contributed by atoms with Crippen LogP contribution in [0.25, 0.3) is 10.9 Å². The lowest BCUT2D eigenvalue weighted by atomic mass is 9.94.